The molecular formula is C21H21ClN4O2. The summed E-state index contributed by atoms with van der Waals surface area (Å²) in [5, 5.41) is 7.73. The van der Waals surface area contributed by atoms with Gasteiger partial charge in [-0.25, -0.2) is 4.79 Å². The maximum absolute atomic E-state index is 12.9. The van der Waals surface area contributed by atoms with Crippen molar-refractivity contribution in [2.24, 2.45) is 0 Å². The SMILES string of the molecule is Cc1cccc(C)c1NC(=O)N1CCC[C@@H]1c1nc(-c2cccc(Cl)c2)no1. The van der Waals surface area contributed by atoms with Crippen LogP contribution in [0, 0.1) is 13.8 Å². The van der Waals surface area contributed by atoms with E-state index in [-0.39, 0.29) is 12.1 Å². The molecule has 4 rings (SSSR count). The Kier molecular flexibility index (Phi) is 5.05. The normalized spacial score (nSPS) is 16.4. The quantitative estimate of drug-likeness (QED) is 0.645. The lowest BCUT2D eigenvalue weighted by Gasteiger charge is -2.23. The number of halogens is 1. The lowest BCUT2D eigenvalue weighted by atomic mass is 10.1. The number of para-hydroxylation sites is 1. The first-order valence-corrected chi connectivity index (χ1v) is 9.64. The van der Waals surface area contributed by atoms with Crippen LogP contribution >= 0.6 is 11.6 Å². The standard InChI is InChI=1S/C21H21ClN4O2/c1-13-6-3-7-14(2)18(13)23-21(27)26-11-5-10-17(26)20-24-19(25-28-20)15-8-4-9-16(22)12-15/h3-4,6-9,12,17H,5,10-11H2,1-2H3,(H,23,27)/t17-/m1/s1. The van der Waals surface area contributed by atoms with Gasteiger partial charge in [0.05, 0.1) is 0 Å². The molecule has 1 aromatic heterocycles. The van der Waals surface area contributed by atoms with Gasteiger partial charge in [0.1, 0.15) is 6.04 Å². The lowest BCUT2D eigenvalue weighted by molar-refractivity contribution is 0.193. The highest BCUT2D eigenvalue weighted by atomic mass is 35.5. The van der Waals surface area contributed by atoms with Crippen molar-refractivity contribution >= 4 is 23.3 Å². The van der Waals surface area contributed by atoms with Gasteiger partial charge in [-0.1, -0.05) is 47.1 Å². The number of rotatable bonds is 3. The van der Waals surface area contributed by atoms with E-state index < -0.39 is 0 Å². The number of anilines is 1. The van der Waals surface area contributed by atoms with E-state index in [1.807, 2.05) is 44.2 Å². The molecule has 1 fully saturated rings. The van der Waals surface area contributed by atoms with Crippen molar-refractivity contribution in [1.29, 1.82) is 0 Å². The number of hydrogen-bond acceptors (Lipinski definition) is 4. The Bertz CT molecular complexity index is 997. The third-order valence-corrected chi connectivity index (χ3v) is 5.27. The van der Waals surface area contributed by atoms with Crippen molar-refractivity contribution < 1.29 is 9.32 Å². The maximum atomic E-state index is 12.9. The number of aryl methyl sites for hydroxylation is 2. The van der Waals surface area contributed by atoms with E-state index >= 15 is 0 Å². The molecule has 0 radical (unpaired) electrons. The van der Waals surface area contributed by atoms with Crippen LogP contribution in [0.1, 0.15) is 35.9 Å². The molecule has 2 heterocycles. The summed E-state index contributed by atoms with van der Waals surface area (Å²) in [6, 6.07) is 12.9. The molecule has 0 aliphatic carbocycles. The van der Waals surface area contributed by atoms with Gasteiger partial charge in [0.15, 0.2) is 0 Å². The number of carbonyl (C=O) groups excluding carboxylic acids is 1. The Morgan fingerprint density at radius 3 is 2.71 bits per heavy atom. The number of carbonyl (C=O) groups is 1. The molecule has 0 spiro atoms. The number of aromatic nitrogens is 2. The molecule has 2 amide bonds. The summed E-state index contributed by atoms with van der Waals surface area (Å²) in [5.74, 6) is 0.920. The fraction of sp³-hybridized carbons (Fsp3) is 0.286. The van der Waals surface area contributed by atoms with Crippen LogP contribution in [0.15, 0.2) is 47.0 Å². The zero-order valence-electron chi connectivity index (χ0n) is 15.8. The van der Waals surface area contributed by atoms with Crippen LogP contribution in [0.4, 0.5) is 10.5 Å². The van der Waals surface area contributed by atoms with Crippen molar-refractivity contribution in [3.8, 4) is 11.4 Å². The second-order valence-electron chi connectivity index (χ2n) is 7.01. The fourth-order valence-corrected chi connectivity index (χ4v) is 3.76. The fourth-order valence-electron chi connectivity index (χ4n) is 3.57. The van der Waals surface area contributed by atoms with Gasteiger partial charge < -0.3 is 14.7 Å². The highest BCUT2D eigenvalue weighted by Crippen LogP contribution is 2.33. The first-order chi connectivity index (χ1) is 13.5. The molecule has 1 aliphatic heterocycles. The minimum Gasteiger partial charge on any atom is -0.337 e. The number of benzene rings is 2. The third-order valence-electron chi connectivity index (χ3n) is 5.04. The summed E-state index contributed by atoms with van der Waals surface area (Å²) in [6.45, 7) is 4.62. The topological polar surface area (TPSA) is 71.3 Å². The van der Waals surface area contributed by atoms with Gasteiger partial charge >= 0.3 is 6.03 Å². The van der Waals surface area contributed by atoms with Crippen LogP contribution in [0.25, 0.3) is 11.4 Å². The van der Waals surface area contributed by atoms with Crippen LogP contribution in [0.5, 0.6) is 0 Å². The van der Waals surface area contributed by atoms with Gasteiger partial charge in [-0.3, -0.25) is 0 Å². The Morgan fingerprint density at radius 2 is 1.96 bits per heavy atom. The first kappa shape index (κ1) is 18.5. The third kappa shape index (κ3) is 3.60. The minimum absolute atomic E-state index is 0.151. The number of nitrogens with zero attached hydrogens (tertiary/aromatic N) is 3. The maximum Gasteiger partial charge on any atom is 0.322 e. The molecule has 28 heavy (non-hydrogen) atoms. The Balaban J connectivity index is 1.55. The Labute approximate surface area is 168 Å². The molecule has 1 saturated heterocycles. The van der Waals surface area contributed by atoms with E-state index in [0.717, 1.165) is 35.2 Å². The summed E-state index contributed by atoms with van der Waals surface area (Å²) >= 11 is 6.05. The van der Waals surface area contributed by atoms with Crippen LogP contribution in [0.2, 0.25) is 5.02 Å². The number of nitrogens with one attached hydrogen (secondary N) is 1. The van der Waals surface area contributed by atoms with E-state index in [9.17, 15) is 4.79 Å². The zero-order chi connectivity index (χ0) is 19.7. The number of likely N-dealkylation sites (tertiary alicyclic amines) is 1. The average Bonchev–Trinajstić information content (AvgIpc) is 3.33. The summed E-state index contributed by atoms with van der Waals surface area (Å²) < 4.78 is 5.50. The summed E-state index contributed by atoms with van der Waals surface area (Å²) in [4.78, 5) is 19.2. The van der Waals surface area contributed by atoms with Gasteiger partial charge in [0.25, 0.3) is 0 Å². The van der Waals surface area contributed by atoms with Gasteiger partial charge in [-0.15, -0.1) is 0 Å². The average molecular weight is 397 g/mol. The van der Waals surface area contributed by atoms with Crippen molar-refractivity contribution in [1.82, 2.24) is 15.0 Å². The van der Waals surface area contributed by atoms with E-state index in [0.29, 0.717) is 23.3 Å². The molecule has 2 aromatic carbocycles. The Hall–Kier alpha value is -2.86. The molecule has 0 unspecified atom stereocenters. The van der Waals surface area contributed by atoms with Gasteiger partial charge in [-0.2, -0.15) is 4.98 Å². The molecule has 7 heteroatoms. The molecule has 6 nitrogen and oxygen atoms in total. The number of amides is 2. The molecule has 3 aromatic rings. The van der Waals surface area contributed by atoms with E-state index in [4.69, 9.17) is 16.1 Å². The van der Waals surface area contributed by atoms with Crippen molar-refractivity contribution in [2.45, 2.75) is 32.7 Å². The molecule has 1 N–H and O–H groups in total. The van der Waals surface area contributed by atoms with Gasteiger partial charge in [0.2, 0.25) is 11.7 Å². The van der Waals surface area contributed by atoms with E-state index in [1.165, 1.54) is 0 Å². The largest absolute Gasteiger partial charge is 0.337 e. The molecule has 0 saturated carbocycles. The summed E-state index contributed by atoms with van der Waals surface area (Å²) in [6.07, 6.45) is 1.68. The molecule has 0 bridgehead atoms. The predicted octanol–water partition coefficient (Wildman–Crippen LogP) is 5.38. The monoisotopic (exact) mass is 396 g/mol. The smallest absolute Gasteiger partial charge is 0.322 e. The highest BCUT2D eigenvalue weighted by Gasteiger charge is 2.34. The minimum atomic E-state index is -0.232. The van der Waals surface area contributed by atoms with Gasteiger partial charge in [0, 0.05) is 22.8 Å². The summed E-state index contributed by atoms with van der Waals surface area (Å²) in [5.41, 5.74) is 3.70. The van der Waals surface area contributed by atoms with Crippen LogP contribution in [-0.4, -0.2) is 27.6 Å². The molecule has 1 aliphatic rings. The van der Waals surface area contributed by atoms with Gasteiger partial charge in [-0.05, 0) is 49.9 Å². The number of hydrogen-bond donors (Lipinski definition) is 1. The van der Waals surface area contributed by atoms with Crippen LogP contribution in [-0.2, 0) is 0 Å². The molecule has 1 atom stereocenters. The highest BCUT2D eigenvalue weighted by molar-refractivity contribution is 6.30. The van der Waals surface area contributed by atoms with E-state index in [2.05, 4.69) is 15.5 Å². The Morgan fingerprint density at radius 1 is 1.21 bits per heavy atom. The summed E-state index contributed by atoms with van der Waals surface area (Å²) in [7, 11) is 0. The van der Waals surface area contributed by atoms with Crippen molar-refractivity contribution in [2.75, 3.05) is 11.9 Å². The van der Waals surface area contributed by atoms with E-state index in [1.54, 1.807) is 17.0 Å². The zero-order valence-corrected chi connectivity index (χ0v) is 16.5. The van der Waals surface area contributed by atoms with Crippen LogP contribution < -0.4 is 5.32 Å². The second-order valence-corrected chi connectivity index (χ2v) is 7.45. The lowest BCUT2D eigenvalue weighted by Crippen LogP contribution is -2.35. The first-order valence-electron chi connectivity index (χ1n) is 9.26. The molecular weight excluding hydrogens is 376 g/mol. The second kappa shape index (κ2) is 7.64. The number of urea groups is 1. The van der Waals surface area contributed by atoms with Crippen molar-refractivity contribution in [3.63, 3.8) is 0 Å². The predicted molar refractivity (Wildman–Crippen MR) is 108 cm³/mol. The van der Waals surface area contributed by atoms with Crippen LogP contribution in [0.3, 0.4) is 0 Å². The van der Waals surface area contributed by atoms with Crippen molar-refractivity contribution in [3.05, 3.63) is 64.5 Å². The molecule has 144 valence electrons.